The number of furan rings is 1. The van der Waals surface area contributed by atoms with E-state index in [1.807, 2.05) is 31.2 Å². The maximum absolute atomic E-state index is 10.9. The molecule has 17 heavy (non-hydrogen) atoms. The molecule has 0 aliphatic heterocycles. The molecule has 2 aromatic rings. The van der Waals surface area contributed by atoms with Gasteiger partial charge < -0.3 is 9.15 Å². The van der Waals surface area contributed by atoms with Gasteiger partial charge >= 0.3 is 0 Å². The van der Waals surface area contributed by atoms with Crippen molar-refractivity contribution in [2.45, 2.75) is 13.3 Å². The van der Waals surface area contributed by atoms with Crippen molar-refractivity contribution < 1.29 is 13.9 Å². The van der Waals surface area contributed by atoms with Gasteiger partial charge in [0.15, 0.2) is 6.29 Å². The van der Waals surface area contributed by atoms with E-state index < -0.39 is 0 Å². The summed E-state index contributed by atoms with van der Waals surface area (Å²) in [5.74, 6) is 2.19. The number of aryl methyl sites for hydroxylation is 1. The highest BCUT2D eigenvalue weighted by atomic mass is 16.5. The standard InChI is InChI=1S/C14H14O3/c1-3-13-11(9-15)8-14(17-13)10-5-4-6-12(7-10)16-2/h4-9H,3H2,1-2H3. The van der Waals surface area contributed by atoms with Crippen LogP contribution in [0.4, 0.5) is 0 Å². The molecule has 0 fully saturated rings. The predicted octanol–water partition coefficient (Wildman–Crippen LogP) is 3.33. The van der Waals surface area contributed by atoms with Crippen molar-refractivity contribution in [3.8, 4) is 17.1 Å². The van der Waals surface area contributed by atoms with Crippen molar-refractivity contribution in [1.29, 1.82) is 0 Å². The number of hydrogen-bond acceptors (Lipinski definition) is 3. The second-order valence-electron chi connectivity index (χ2n) is 3.69. The van der Waals surface area contributed by atoms with Crippen LogP contribution in [0.2, 0.25) is 0 Å². The highest BCUT2D eigenvalue weighted by Crippen LogP contribution is 2.27. The van der Waals surface area contributed by atoms with Gasteiger partial charge in [0.1, 0.15) is 17.3 Å². The van der Waals surface area contributed by atoms with Gasteiger partial charge in [-0.25, -0.2) is 0 Å². The van der Waals surface area contributed by atoms with Crippen LogP contribution in [0, 0.1) is 0 Å². The van der Waals surface area contributed by atoms with Gasteiger partial charge in [-0.3, -0.25) is 4.79 Å². The highest BCUT2D eigenvalue weighted by molar-refractivity contribution is 5.79. The molecule has 3 heteroatoms. The molecule has 0 bridgehead atoms. The maximum Gasteiger partial charge on any atom is 0.153 e. The Morgan fingerprint density at radius 1 is 1.35 bits per heavy atom. The van der Waals surface area contributed by atoms with Crippen LogP contribution in [0.25, 0.3) is 11.3 Å². The molecule has 0 saturated carbocycles. The Labute approximate surface area is 100 Å². The molecule has 0 radical (unpaired) electrons. The van der Waals surface area contributed by atoms with Crippen LogP contribution in [0.15, 0.2) is 34.7 Å². The third-order valence-electron chi connectivity index (χ3n) is 2.64. The topological polar surface area (TPSA) is 39.4 Å². The average Bonchev–Trinajstić information content (AvgIpc) is 2.82. The molecule has 0 saturated heterocycles. The molecule has 0 unspecified atom stereocenters. The summed E-state index contributed by atoms with van der Waals surface area (Å²) in [6.07, 6.45) is 1.53. The van der Waals surface area contributed by atoms with Crippen molar-refractivity contribution in [3.05, 3.63) is 41.7 Å². The Morgan fingerprint density at radius 2 is 2.18 bits per heavy atom. The zero-order valence-electron chi connectivity index (χ0n) is 9.90. The van der Waals surface area contributed by atoms with Crippen molar-refractivity contribution in [2.24, 2.45) is 0 Å². The minimum Gasteiger partial charge on any atom is -0.497 e. The predicted molar refractivity (Wildman–Crippen MR) is 65.5 cm³/mol. The monoisotopic (exact) mass is 230 g/mol. The first-order chi connectivity index (χ1) is 8.28. The van der Waals surface area contributed by atoms with Crippen molar-refractivity contribution in [1.82, 2.24) is 0 Å². The molecule has 2 rings (SSSR count). The summed E-state index contributed by atoms with van der Waals surface area (Å²) in [5, 5.41) is 0. The van der Waals surface area contributed by atoms with Crippen LogP contribution >= 0.6 is 0 Å². The second kappa shape index (κ2) is 4.87. The van der Waals surface area contributed by atoms with Crippen LogP contribution in [-0.4, -0.2) is 13.4 Å². The summed E-state index contributed by atoms with van der Waals surface area (Å²) >= 11 is 0. The number of ether oxygens (including phenoxy) is 1. The van der Waals surface area contributed by atoms with E-state index in [4.69, 9.17) is 9.15 Å². The summed E-state index contributed by atoms with van der Waals surface area (Å²) in [6, 6.07) is 9.33. The lowest BCUT2D eigenvalue weighted by Crippen LogP contribution is -1.82. The van der Waals surface area contributed by atoms with Crippen LogP contribution in [0.5, 0.6) is 5.75 Å². The van der Waals surface area contributed by atoms with E-state index in [9.17, 15) is 4.79 Å². The van der Waals surface area contributed by atoms with E-state index in [0.29, 0.717) is 17.7 Å². The van der Waals surface area contributed by atoms with Gasteiger partial charge in [-0.1, -0.05) is 19.1 Å². The number of benzene rings is 1. The molecule has 0 atom stereocenters. The Morgan fingerprint density at radius 3 is 2.76 bits per heavy atom. The van der Waals surface area contributed by atoms with E-state index in [2.05, 4.69) is 0 Å². The number of aldehydes is 1. The molecule has 1 aromatic heterocycles. The Balaban J connectivity index is 2.45. The van der Waals surface area contributed by atoms with Crippen LogP contribution in [0.1, 0.15) is 23.0 Å². The lowest BCUT2D eigenvalue weighted by atomic mass is 10.1. The van der Waals surface area contributed by atoms with Gasteiger partial charge in [0.2, 0.25) is 0 Å². The number of methoxy groups -OCH3 is 1. The summed E-state index contributed by atoms with van der Waals surface area (Å²) in [5.41, 5.74) is 1.53. The quantitative estimate of drug-likeness (QED) is 0.756. The lowest BCUT2D eigenvalue weighted by molar-refractivity contribution is 0.112. The van der Waals surface area contributed by atoms with Gasteiger partial charge in [0.25, 0.3) is 0 Å². The Hall–Kier alpha value is -2.03. The van der Waals surface area contributed by atoms with Crippen molar-refractivity contribution >= 4 is 6.29 Å². The van der Waals surface area contributed by atoms with Crippen LogP contribution in [0.3, 0.4) is 0 Å². The molecule has 3 nitrogen and oxygen atoms in total. The smallest absolute Gasteiger partial charge is 0.153 e. The number of hydrogen-bond donors (Lipinski definition) is 0. The molecule has 0 aliphatic carbocycles. The lowest BCUT2D eigenvalue weighted by Gasteiger charge is -2.01. The molecule has 0 amide bonds. The fraction of sp³-hybridized carbons (Fsp3) is 0.214. The van der Waals surface area contributed by atoms with E-state index in [1.165, 1.54) is 0 Å². The fourth-order valence-corrected chi connectivity index (χ4v) is 1.74. The molecule has 0 aliphatic rings. The molecular formula is C14H14O3. The second-order valence-corrected chi connectivity index (χ2v) is 3.69. The third kappa shape index (κ3) is 2.23. The number of rotatable bonds is 4. The first-order valence-electron chi connectivity index (χ1n) is 5.50. The highest BCUT2D eigenvalue weighted by Gasteiger charge is 2.10. The zero-order valence-corrected chi connectivity index (χ0v) is 9.90. The van der Waals surface area contributed by atoms with Gasteiger partial charge in [-0.2, -0.15) is 0 Å². The van der Waals surface area contributed by atoms with E-state index >= 15 is 0 Å². The molecule has 88 valence electrons. The first-order valence-corrected chi connectivity index (χ1v) is 5.50. The summed E-state index contributed by atoms with van der Waals surface area (Å²) in [4.78, 5) is 10.9. The van der Waals surface area contributed by atoms with Gasteiger partial charge in [-0.15, -0.1) is 0 Å². The molecular weight excluding hydrogens is 216 g/mol. The van der Waals surface area contributed by atoms with Gasteiger partial charge in [0.05, 0.1) is 12.7 Å². The molecule has 0 N–H and O–H groups in total. The number of carbonyl (C=O) groups excluding carboxylic acids is 1. The first kappa shape index (κ1) is 11.5. The summed E-state index contributed by atoms with van der Waals surface area (Å²) < 4.78 is 10.8. The van der Waals surface area contributed by atoms with Gasteiger partial charge in [-0.05, 0) is 18.2 Å². The van der Waals surface area contributed by atoms with Crippen molar-refractivity contribution in [3.63, 3.8) is 0 Å². The minimum atomic E-state index is 0.616. The third-order valence-corrected chi connectivity index (χ3v) is 2.64. The minimum absolute atomic E-state index is 0.616. The summed E-state index contributed by atoms with van der Waals surface area (Å²) in [7, 11) is 1.62. The zero-order chi connectivity index (χ0) is 12.3. The van der Waals surface area contributed by atoms with Crippen LogP contribution < -0.4 is 4.74 Å². The Kier molecular flexibility index (Phi) is 3.28. The molecule has 1 aromatic carbocycles. The van der Waals surface area contributed by atoms with Crippen molar-refractivity contribution in [2.75, 3.05) is 7.11 Å². The fourth-order valence-electron chi connectivity index (χ4n) is 1.74. The van der Waals surface area contributed by atoms with E-state index in [0.717, 1.165) is 23.4 Å². The van der Waals surface area contributed by atoms with E-state index in [-0.39, 0.29) is 0 Å². The largest absolute Gasteiger partial charge is 0.497 e. The number of carbonyl (C=O) groups is 1. The van der Waals surface area contributed by atoms with Crippen LogP contribution in [-0.2, 0) is 6.42 Å². The van der Waals surface area contributed by atoms with E-state index in [1.54, 1.807) is 13.2 Å². The summed E-state index contributed by atoms with van der Waals surface area (Å²) in [6.45, 7) is 1.96. The SMILES string of the molecule is CCc1oc(-c2cccc(OC)c2)cc1C=O. The Bertz CT molecular complexity index is 526. The maximum atomic E-state index is 10.9. The average molecular weight is 230 g/mol. The molecule has 0 spiro atoms. The normalized spacial score (nSPS) is 10.2. The van der Waals surface area contributed by atoms with Gasteiger partial charge in [0, 0.05) is 12.0 Å². The molecule has 1 heterocycles.